The molecule has 0 unspecified atom stereocenters. The number of ketones is 2. The number of carbonyl (C=O) groups is 3. The van der Waals surface area contributed by atoms with Crippen LogP contribution in [0.25, 0.3) is 0 Å². The lowest BCUT2D eigenvalue weighted by Gasteiger charge is -2.36. The molecule has 2 aromatic carbocycles. The first-order valence-corrected chi connectivity index (χ1v) is 8.46. The topological polar surface area (TPSA) is 66.5 Å². The minimum atomic E-state index is -1.62. The number of fused-ring (bicyclic) bond motifs is 1. The summed E-state index contributed by atoms with van der Waals surface area (Å²) in [4.78, 5) is 41.0. The first kappa shape index (κ1) is 15.7. The van der Waals surface area contributed by atoms with Crippen LogP contribution in [-0.4, -0.2) is 41.1 Å². The van der Waals surface area contributed by atoms with Gasteiger partial charge in [0.25, 0.3) is 5.91 Å². The second-order valence-electron chi connectivity index (χ2n) is 6.43. The van der Waals surface area contributed by atoms with Crippen LogP contribution in [0, 0.1) is 0 Å². The monoisotopic (exact) mass is 334 g/mol. The average Bonchev–Trinajstić information content (AvgIpc) is 3.26. The highest BCUT2D eigenvalue weighted by molar-refractivity contribution is 6.33. The zero-order valence-corrected chi connectivity index (χ0v) is 13.7. The van der Waals surface area contributed by atoms with Gasteiger partial charge in [-0.05, 0) is 25.0 Å². The van der Waals surface area contributed by atoms with E-state index in [4.69, 9.17) is 0 Å². The summed E-state index contributed by atoms with van der Waals surface area (Å²) in [5, 5.41) is 2.78. The predicted molar refractivity (Wildman–Crippen MR) is 92.5 cm³/mol. The standard InChI is InChI=1S/C20H18N2O3/c23-17-15-10-4-5-11-16(15)18(24)20(17,22-12-6-7-13-22)21-19(25)14-8-2-1-3-9-14/h1-5,8-11H,6-7,12-13H2,(H,21,25). The van der Waals surface area contributed by atoms with Crippen LogP contribution >= 0.6 is 0 Å². The Labute approximate surface area is 145 Å². The molecule has 0 bridgehead atoms. The molecular weight excluding hydrogens is 316 g/mol. The van der Waals surface area contributed by atoms with Gasteiger partial charge in [0, 0.05) is 29.8 Å². The molecule has 0 spiro atoms. The van der Waals surface area contributed by atoms with Gasteiger partial charge >= 0.3 is 0 Å². The van der Waals surface area contributed by atoms with Crippen molar-refractivity contribution in [1.82, 2.24) is 10.2 Å². The van der Waals surface area contributed by atoms with Gasteiger partial charge in [0.05, 0.1) is 0 Å². The number of likely N-dealkylation sites (tertiary alicyclic amines) is 1. The summed E-state index contributed by atoms with van der Waals surface area (Å²) in [5.41, 5.74) is -0.425. The molecule has 5 heteroatoms. The summed E-state index contributed by atoms with van der Waals surface area (Å²) in [6, 6.07) is 15.5. The number of hydrogen-bond donors (Lipinski definition) is 1. The van der Waals surface area contributed by atoms with Crippen LogP contribution in [-0.2, 0) is 0 Å². The molecule has 0 saturated carbocycles. The van der Waals surface area contributed by atoms with Crippen LogP contribution in [0.2, 0.25) is 0 Å². The average molecular weight is 334 g/mol. The van der Waals surface area contributed by atoms with Crippen molar-refractivity contribution in [2.75, 3.05) is 13.1 Å². The maximum absolute atomic E-state index is 13.2. The molecule has 0 aromatic heterocycles. The Bertz CT molecular complexity index is 819. The Kier molecular flexibility index (Phi) is 3.73. The first-order chi connectivity index (χ1) is 12.1. The fourth-order valence-corrected chi connectivity index (χ4v) is 3.73. The molecule has 1 saturated heterocycles. The Morgan fingerprint density at radius 1 is 0.840 bits per heavy atom. The van der Waals surface area contributed by atoms with E-state index >= 15 is 0 Å². The molecule has 25 heavy (non-hydrogen) atoms. The van der Waals surface area contributed by atoms with Crippen LogP contribution in [0.4, 0.5) is 0 Å². The van der Waals surface area contributed by atoms with Crippen molar-refractivity contribution in [3.05, 3.63) is 71.3 Å². The normalized spacial score (nSPS) is 19.0. The largest absolute Gasteiger partial charge is 0.320 e. The highest BCUT2D eigenvalue weighted by atomic mass is 16.2. The molecule has 1 fully saturated rings. The van der Waals surface area contributed by atoms with Crippen molar-refractivity contribution in [1.29, 1.82) is 0 Å². The zero-order chi connectivity index (χ0) is 17.4. The fraction of sp³-hybridized carbons (Fsp3) is 0.250. The van der Waals surface area contributed by atoms with E-state index in [1.165, 1.54) is 0 Å². The zero-order valence-electron chi connectivity index (χ0n) is 13.7. The van der Waals surface area contributed by atoms with Crippen molar-refractivity contribution < 1.29 is 14.4 Å². The summed E-state index contributed by atoms with van der Waals surface area (Å²) in [6.45, 7) is 1.22. The minimum Gasteiger partial charge on any atom is -0.320 e. The van der Waals surface area contributed by atoms with E-state index in [2.05, 4.69) is 5.32 Å². The van der Waals surface area contributed by atoms with Gasteiger partial charge in [-0.3, -0.25) is 19.3 Å². The smallest absolute Gasteiger partial charge is 0.253 e. The maximum Gasteiger partial charge on any atom is 0.253 e. The summed E-state index contributed by atoms with van der Waals surface area (Å²) >= 11 is 0. The second kappa shape index (κ2) is 5.93. The van der Waals surface area contributed by atoms with Crippen molar-refractivity contribution >= 4 is 17.5 Å². The number of Topliss-reactive ketones (excluding diaryl/α,β-unsaturated/α-hetero) is 2. The van der Waals surface area contributed by atoms with E-state index in [1.54, 1.807) is 48.5 Å². The lowest BCUT2D eigenvalue weighted by molar-refractivity contribution is 0.0420. The van der Waals surface area contributed by atoms with E-state index in [0.29, 0.717) is 29.8 Å². The molecule has 0 atom stereocenters. The van der Waals surface area contributed by atoms with Gasteiger partial charge in [-0.25, -0.2) is 0 Å². The van der Waals surface area contributed by atoms with Crippen molar-refractivity contribution in [2.45, 2.75) is 18.5 Å². The molecule has 126 valence electrons. The van der Waals surface area contributed by atoms with E-state index in [1.807, 2.05) is 11.0 Å². The predicted octanol–water partition coefficient (Wildman–Crippen LogP) is 2.29. The molecule has 1 amide bonds. The molecule has 4 rings (SSSR count). The lowest BCUT2D eigenvalue weighted by Crippen LogP contribution is -2.66. The molecule has 1 heterocycles. The maximum atomic E-state index is 13.2. The van der Waals surface area contributed by atoms with E-state index < -0.39 is 11.6 Å². The van der Waals surface area contributed by atoms with Gasteiger partial charge in [-0.15, -0.1) is 0 Å². The lowest BCUT2D eigenvalue weighted by atomic mass is 10.0. The third-order valence-electron chi connectivity index (χ3n) is 4.98. The van der Waals surface area contributed by atoms with Crippen LogP contribution in [0.5, 0.6) is 0 Å². The van der Waals surface area contributed by atoms with E-state index in [-0.39, 0.29) is 11.6 Å². The Balaban J connectivity index is 1.78. The van der Waals surface area contributed by atoms with Gasteiger partial charge in [-0.1, -0.05) is 42.5 Å². The quantitative estimate of drug-likeness (QED) is 0.875. The summed E-state index contributed by atoms with van der Waals surface area (Å²) in [6.07, 6.45) is 1.81. The fourth-order valence-electron chi connectivity index (χ4n) is 3.73. The van der Waals surface area contributed by atoms with Gasteiger partial charge in [0.1, 0.15) is 0 Å². The highest BCUT2D eigenvalue weighted by Crippen LogP contribution is 2.35. The SMILES string of the molecule is O=C(NC1(N2CCCC2)C(=O)c2ccccc2C1=O)c1ccccc1. The summed E-state index contributed by atoms with van der Waals surface area (Å²) < 4.78 is 0. The molecule has 5 nitrogen and oxygen atoms in total. The van der Waals surface area contributed by atoms with Crippen molar-refractivity contribution in [2.24, 2.45) is 0 Å². The van der Waals surface area contributed by atoms with Gasteiger partial charge in [-0.2, -0.15) is 0 Å². The highest BCUT2D eigenvalue weighted by Gasteiger charge is 2.58. The third kappa shape index (κ3) is 2.31. The Morgan fingerprint density at radius 3 is 1.92 bits per heavy atom. The third-order valence-corrected chi connectivity index (χ3v) is 4.98. The number of amides is 1. The molecular formula is C20H18N2O3. The molecule has 1 N–H and O–H groups in total. The number of nitrogens with one attached hydrogen (secondary N) is 1. The van der Waals surface area contributed by atoms with Crippen LogP contribution < -0.4 is 5.32 Å². The minimum absolute atomic E-state index is 0.334. The molecule has 0 radical (unpaired) electrons. The van der Waals surface area contributed by atoms with Gasteiger partial charge in [0.2, 0.25) is 17.2 Å². The van der Waals surface area contributed by atoms with Gasteiger partial charge < -0.3 is 5.32 Å². The van der Waals surface area contributed by atoms with Crippen molar-refractivity contribution in [3.63, 3.8) is 0 Å². The number of rotatable bonds is 3. The number of carbonyl (C=O) groups excluding carboxylic acids is 3. The van der Waals surface area contributed by atoms with Crippen molar-refractivity contribution in [3.8, 4) is 0 Å². The number of nitrogens with zero attached hydrogens (tertiary/aromatic N) is 1. The first-order valence-electron chi connectivity index (χ1n) is 8.46. The molecule has 1 aliphatic heterocycles. The van der Waals surface area contributed by atoms with Crippen LogP contribution in [0.1, 0.15) is 43.9 Å². The van der Waals surface area contributed by atoms with Gasteiger partial charge in [0.15, 0.2) is 0 Å². The molecule has 2 aromatic rings. The number of hydrogen-bond acceptors (Lipinski definition) is 4. The molecule has 2 aliphatic rings. The second-order valence-corrected chi connectivity index (χ2v) is 6.43. The van der Waals surface area contributed by atoms with Crippen LogP contribution in [0.15, 0.2) is 54.6 Å². The Hall–Kier alpha value is -2.79. The Morgan fingerprint density at radius 2 is 1.36 bits per heavy atom. The molecule has 1 aliphatic carbocycles. The van der Waals surface area contributed by atoms with Crippen LogP contribution in [0.3, 0.4) is 0 Å². The summed E-state index contributed by atoms with van der Waals surface area (Å²) in [7, 11) is 0. The van der Waals surface area contributed by atoms with E-state index in [0.717, 1.165) is 12.8 Å². The summed E-state index contributed by atoms with van der Waals surface area (Å²) in [5.74, 6) is -1.08. The number of benzene rings is 2. The van der Waals surface area contributed by atoms with E-state index in [9.17, 15) is 14.4 Å².